The molecule has 0 bridgehead atoms. The van der Waals surface area contributed by atoms with Gasteiger partial charge in [-0.15, -0.1) is 10.2 Å². The maximum Gasteiger partial charge on any atom is 0.234 e. The largest absolute Gasteiger partial charge is 0.324 e. The van der Waals surface area contributed by atoms with Crippen LogP contribution >= 0.6 is 11.3 Å². The highest BCUT2D eigenvalue weighted by Crippen LogP contribution is 2.37. The number of rotatable bonds is 2. The van der Waals surface area contributed by atoms with E-state index in [1.807, 2.05) is 4.52 Å². The third-order valence-corrected chi connectivity index (χ3v) is 4.97. The van der Waals surface area contributed by atoms with Crippen LogP contribution < -0.4 is 5.73 Å². The minimum absolute atomic E-state index is 0.176. The van der Waals surface area contributed by atoms with E-state index in [9.17, 15) is 0 Å². The first-order chi connectivity index (χ1) is 8.81. The van der Waals surface area contributed by atoms with Gasteiger partial charge in [0.1, 0.15) is 5.01 Å². The van der Waals surface area contributed by atoms with Crippen LogP contribution in [0.2, 0.25) is 0 Å². The number of hydrogen-bond acceptors (Lipinski definition) is 5. The number of allylic oxidation sites excluding steroid dienone is 1. The van der Waals surface area contributed by atoms with Crippen molar-refractivity contribution in [3.63, 3.8) is 0 Å². The lowest BCUT2D eigenvalue weighted by molar-refractivity contribution is 0.394. The summed E-state index contributed by atoms with van der Waals surface area (Å²) in [6, 6.07) is 0.176. The van der Waals surface area contributed by atoms with E-state index in [1.54, 1.807) is 11.3 Å². The van der Waals surface area contributed by atoms with Crippen molar-refractivity contribution >= 4 is 16.3 Å². The van der Waals surface area contributed by atoms with E-state index in [0.717, 1.165) is 22.2 Å². The summed E-state index contributed by atoms with van der Waals surface area (Å²) >= 11 is 1.64. The first kappa shape index (κ1) is 10.6. The molecule has 0 saturated heterocycles. The first-order valence-electron chi connectivity index (χ1n) is 6.47. The molecule has 94 valence electrons. The van der Waals surface area contributed by atoms with Crippen LogP contribution in [0.4, 0.5) is 0 Å². The minimum atomic E-state index is 0.176. The molecule has 0 aliphatic heterocycles. The molecule has 0 amide bonds. The van der Waals surface area contributed by atoms with Gasteiger partial charge in [-0.3, -0.25) is 0 Å². The van der Waals surface area contributed by atoms with E-state index in [2.05, 4.69) is 22.3 Å². The zero-order valence-electron chi connectivity index (χ0n) is 9.99. The molecule has 4 rings (SSSR count). The number of fused-ring (bicyclic) bond motifs is 1. The predicted molar refractivity (Wildman–Crippen MR) is 69.7 cm³/mol. The smallest absolute Gasteiger partial charge is 0.234 e. The quantitative estimate of drug-likeness (QED) is 0.837. The van der Waals surface area contributed by atoms with E-state index in [-0.39, 0.29) is 6.04 Å². The lowest BCUT2D eigenvalue weighted by Gasteiger charge is -2.22. The van der Waals surface area contributed by atoms with Gasteiger partial charge in [0.05, 0.1) is 0 Å². The number of nitrogens with two attached hydrogens (primary N) is 1. The molecule has 2 N–H and O–H groups in total. The van der Waals surface area contributed by atoms with Crippen LogP contribution in [0.5, 0.6) is 0 Å². The van der Waals surface area contributed by atoms with Gasteiger partial charge in [-0.25, -0.2) is 0 Å². The van der Waals surface area contributed by atoms with Crippen LogP contribution in [0.15, 0.2) is 12.2 Å². The van der Waals surface area contributed by atoms with Gasteiger partial charge in [-0.2, -0.15) is 9.61 Å². The molecule has 0 spiro atoms. The van der Waals surface area contributed by atoms with Crippen molar-refractivity contribution in [3.8, 4) is 0 Å². The molecule has 2 aliphatic carbocycles. The second-order valence-corrected chi connectivity index (χ2v) is 6.20. The number of nitrogens with zero attached hydrogens (tertiary/aromatic N) is 4. The summed E-state index contributed by atoms with van der Waals surface area (Å²) in [5, 5.41) is 14.3. The van der Waals surface area contributed by atoms with E-state index in [0.29, 0.717) is 11.8 Å². The molecule has 2 aliphatic rings. The normalized spacial score (nSPS) is 28.1. The Hall–Kier alpha value is -1.27. The van der Waals surface area contributed by atoms with E-state index >= 15 is 0 Å². The molecule has 2 heterocycles. The Labute approximate surface area is 109 Å². The fourth-order valence-electron chi connectivity index (χ4n) is 2.63. The predicted octanol–water partition coefficient (Wildman–Crippen LogP) is 1.82. The van der Waals surface area contributed by atoms with Gasteiger partial charge in [0, 0.05) is 17.9 Å². The Bertz CT molecular complexity index is 609. The molecular formula is C12H15N5S. The van der Waals surface area contributed by atoms with Gasteiger partial charge in [0.15, 0.2) is 5.82 Å². The van der Waals surface area contributed by atoms with Gasteiger partial charge in [-0.05, 0) is 19.3 Å². The zero-order chi connectivity index (χ0) is 12.1. The van der Waals surface area contributed by atoms with E-state index in [1.165, 1.54) is 19.3 Å². The summed E-state index contributed by atoms with van der Waals surface area (Å²) in [6.45, 7) is 0. The topological polar surface area (TPSA) is 69.1 Å². The van der Waals surface area contributed by atoms with Crippen LogP contribution in [0.25, 0.3) is 4.96 Å². The number of aromatic nitrogens is 4. The van der Waals surface area contributed by atoms with Gasteiger partial charge in [-0.1, -0.05) is 29.9 Å². The maximum atomic E-state index is 5.90. The molecule has 2 aromatic heterocycles. The van der Waals surface area contributed by atoms with Crippen LogP contribution in [-0.4, -0.2) is 25.9 Å². The SMILES string of the molecule is NC1C=CC(c2nn3c(C4CCC4)nnc3s2)C1. The Morgan fingerprint density at radius 3 is 2.83 bits per heavy atom. The lowest BCUT2D eigenvalue weighted by Crippen LogP contribution is -2.15. The Kier molecular flexibility index (Phi) is 2.28. The average molecular weight is 261 g/mol. The maximum absolute atomic E-state index is 5.90. The van der Waals surface area contributed by atoms with Gasteiger partial charge >= 0.3 is 0 Å². The molecule has 2 atom stereocenters. The second kappa shape index (κ2) is 3.86. The van der Waals surface area contributed by atoms with Crippen LogP contribution in [0.1, 0.15) is 48.4 Å². The molecule has 2 aromatic rings. The van der Waals surface area contributed by atoms with Crippen LogP contribution in [0.3, 0.4) is 0 Å². The van der Waals surface area contributed by atoms with Crippen molar-refractivity contribution in [3.05, 3.63) is 23.0 Å². The summed E-state index contributed by atoms with van der Waals surface area (Å²) in [5.41, 5.74) is 5.90. The molecule has 0 radical (unpaired) electrons. The third kappa shape index (κ3) is 1.52. The highest BCUT2D eigenvalue weighted by atomic mass is 32.1. The Morgan fingerprint density at radius 2 is 2.17 bits per heavy atom. The second-order valence-electron chi connectivity index (χ2n) is 5.21. The van der Waals surface area contributed by atoms with Crippen molar-refractivity contribution in [1.29, 1.82) is 0 Å². The van der Waals surface area contributed by atoms with E-state index < -0.39 is 0 Å². The molecular weight excluding hydrogens is 246 g/mol. The molecule has 1 fully saturated rings. The minimum Gasteiger partial charge on any atom is -0.324 e. The molecule has 5 nitrogen and oxygen atoms in total. The summed E-state index contributed by atoms with van der Waals surface area (Å²) in [6.07, 6.45) is 8.95. The van der Waals surface area contributed by atoms with Gasteiger partial charge < -0.3 is 5.73 Å². The van der Waals surface area contributed by atoms with Crippen LogP contribution in [0, 0.1) is 0 Å². The fourth-order valence-corrected chi connectivity index (χ4v) is 3.57. The average Bonchev–Trinajstić information content (AvgIpc) is 2.92. The molecule has 6 heteroatoms. The number of hydrogen-bond donors (Lipinski definition) is 1. The van der Waals surface area contributed by atoms with Crippen molar-refractivity contribution in [2.75, 3.05) is 0 Å². The standard InChI is InChI=1S/C12H15N5S/c13-9-5-4-8(6-9)11-16-17-10(7-2-1-3-7)14-15-12(17)18-11/h4-5,7-9H,1-3,6,13H2. The lowest BCUT2D eigenvalue weighted by atomic mass is 9.85. The third-order valence-electron chi connectivity index (χ3n) is 3.93. The highest BCUT2D eigenvalue weighted by Gasteiger charge is 2.28. The molecule has 0 aromatic carbocycles. The van der Waals surface area contributed by atoms with Gasteiger partial charge in [0.25, 0.3) is 0 Å². The van der Waals surface area contributed by atoms with Crippen molar-refractivity contribution in [1.82, 2.24) is 19.8 Å². The van der Waals surface area contributed by atoms with Crippen molar-refractivity contribution < 1.29 is 0 Å². The first-order valence-corrected chi connectivity index (χ1v) is 7.29. The van der Waals surface area contributed by atoms with Crippen LogP contribution in [-0.2, 0) is 0 Å². The zero-order valence-corrected chi connectivity index (χ0v) is 10.8. The molecule has 2 unspecified atom stereocenters. The summed E-state index contributed by atoms with van der Waals surface area (Å²) < 4.78 is 1.95. The Balaban J connectivity index is 1.71. The monoisotopic (exact) mass is 261 g/mol. The summed E-state index contributed by atoms with van der Waals surface area (Å²) in [7, 11) is 0. The van der Waals surface area contributed by atoms with E-state index in [4.69, 9.17) is 10.8 Å². The molecule has 1 saturated carbocycles. The van der Waals surface area contributed by atoms with Crippen molar-refractivity contribution in [2.45, 2.75) is 43.6 Å². The summed E-state index contributed by atoms with van der Waals surface area (Å²) in [4.78, 5) is 0.917. The summed E-state index contributed by atoms with van der Waals surface area (Å²) in [5.74, 6) is 1.97. The molecule has 18 heavy (non-hydrogen) atoms. The Morgan fingerprint density at radius 1 is 1.28 bits per heavy atom. The highest BCUT2D eigenvalue weighted by molar-refractivity contribution is 7.16. The van der Waals surface area contributed by atoms with Gasteiger partial charge in [0.2, 0.25) is 4.96 Å². The fraction of sp³-hybridized carbons (Fsp3) is 0.583. The van der Waals surface area contributed by atoms with Crippen molar-refractivity contribution in [2.24, 2.45) is 5.73 Å².